The van der Waals surface area contributed by atoms with Crippen LogP contribution in [0.3, 0.4) is 0 Å². The van der Waals surface area contributed by atoms with Crippen molar-refractivity contribution in [2.24, 2.45) is 5.92 Å². The summed E-state index contributed by atoms with van der Waals surface area (Å²) in [5, 5.41) is 1.81. The molecule has 0 bridgehead atoms. The van der Waals surface area contributed by atoms with Crippen LogP contribution in [-0.4, -0.2) is 49.4 Å². The third-order valence-electron chi connectivity index (χ3n) is 5.76. The van der Waals surface area contributed by atoms with Crippen molar-refractivity contribution in [3.63, 3.8) is 0 Å². The zero-order valence-corrected chi connectivity index (χ0v) is 18.0. The van der Waals surface area contributed by atoms with E-state index in [0.717, 1.165) is 54.6 Å². The Kier molecular flexibility index (Phi) is 5.24. The summed E-state index contributed by atoms with van der Waals surface area (Å²) in [4.78, 5) is 9.51. The molecule has 3 aromatic rings. The van der Waals surface area contributed by atoms with Crippen LogP contribution in [0.5, 0.6) is 11.5 Å². The highest BCUT2D eigenvalue weighted by molar-refractivity contribution is 7.22. The van der Waals surface area contributed by atoms with E-state index in [2.05, 4.69) is 41.1 Å². The molecule has 152 valence electrons. The predicted octanol–water partition coefficient (Wildman–Crippen LogP) is 4.90. The number of benzene rings is 2. The summed E-state index contributed by atoms with van der Waals surface area (Å²) in [5.41, 5.74) is 1.10. The first-order valence-electron chi connectivity index (χ1n) is 10.1. The lowest BCUT2D eigenvalue weighted by Gasteiger charge is -2.37. The number of halogens is 1. The molecule has 1 unspecified atom stereocenters. The van der Waals surface area contributed by atoms with Crippen LogP contribution >= 0.6 is 22.9 Å². The third-order valence-corrected chi connectivity index (χ3v) is 7.09. The molecule has 0 N–H and O–H groups in total. The van der Waals surface area contributed by atoms with E-state index < -0.39 is 0 Å². The van der Waals surface area contributed by atoms with Crippen molar-refractivity contribution in [1.82, 2.24) is 9.88 Å². The lowest BCUT2D eigenvalue weighted by atomic mass is 9.96. The molecular weight excluding hydrogens is 406 g/mol. The van der Waals surface area contributed by atoms with Gasteiger partial charge in [-0.2, -0.15) is 0 Å². The maximum absolute atomic E-state index is 6.14. The smallest absolute Gasteiger partial charge is 0.186 e. The summed E-state index contributed by atoms with van der Waals surface area (Å²) in [6, 6.07) is 13.9. The third kappa shape index (κ3) is 4.02. The van der Waals surface area contributed by atoms with Crippen LogP contribution in [0, 0.1) is 5.92 Å². The van der Waals surface area contributed by atoms with Gasteiger partial charge in [0.15, 0.2) is 22.9 Å². The first-order chi connectivity index (χ1) is 14.2. The summed E-state index contributed by atoms with van der Waals surface area (Å²) in [7, 11) is 2.11. The van der Waals surface area contributed by atoms with Gasteiger partial charge < -0.3 is 14.4 Å². The highest BCUT2D eigenvalue weighted by Gasteiger charge is 2.28. The number of hydrogen-bond acceptors (Lipinski definition) is 6. The van der Waals surface area contributed by atoms with Gasteiger partial charge in [-0.1, -0.05) is 35.1 Å². The zero-order chi connectivity index (χ0) is 19.8. The van der Waals surface area contributed by atoms with E-state index in [0.29, 0.717) is 17.5 Å². The van der Waals surface area contributed by atoms with Crippen LogP contribution in [-0.2, 0) is 0 Å². The number of thiazole rings is 1. The molecule has 0 radical (unpaired) electrons. The number of para-hydroxylation sites is 1. The van der Waals surface area contributed by atoms with Gasteiger partial charge in [-0.15, -0.1) is 0 Å². The number of aromatic nitrogens is 1. The fourth-order valence-electron chi connectivity index (χ4n) is 4.08. The van der Waals surface area contributed by atoms with Crippen molar-refractivity contribution >= 4 is 38.3 Å². The molecule has 2 aliphatic heterocycles. The van der Waals surface area contributed by atoms with E-state index in [9.17, 15) is 0 Å². The van der Waals surface area contributed by atoms with Gasteiger partial charge in [0, 0.05) is 30.7 Å². The molecule has 7 heteroatoms. The average Bonchev–Trinajstić information content (AvgIpc) is 3.18. The molecule has 3 heterocycles. The monoisotopic (exact) mass is 429 g/mol. The number of fused-ring (bicyclic) bond motifs is 2. The summed E-state index contributed by atoms with van der Waals surface area (Å²) < 4.78 is 13.3. The SMILES string of the molecule is CN(CC1CCN(c2nc3ccccc3s2)CC1)C1COc2ccc(Cl)cc2O1. The van der Waals surface area contributed by atoms with Gasteiger partial charge in [0.2, 0.25) is 0 Å². The number of piperidine rings is 1. The summed E-state index contributed by atoms with van der Waals surface area (Å²) in [6.07, 6.45) is 2.25. The Balaban J connectivity index is 1.16. The predicted molar refractivity (Wildman–Crippen MR) is 119 cm³/mol. The first-order valence-corrected chi connectivity index (χ1v) is 11.2. The Morgan fingerprint density at radius 2 is 2.00 bits per heavy atom. The number of nitrogens with zero attached hydrogens (tertiary/aromatic N) is 3. The summed E-state index contributed by atoms with van der Waals surface area (Å²) >= 11 is 7.88. The number of rotatable bonds is 4. The van der Waals surface area contributed by atoms with Crippen LogP contribution < -0.4 is 14.4 Å². The van der Waals surface area contributed by atoms with Crippen molar-refractivity contribution < 1.29 is 9.47 Å². The number of hydrogen-bond donors (Lipinski definition) is 0. The molecule has 0 saturated carbocycles. The second-order valence-electron chi connectivity index (χ2n) is 7.81. The summed E-state index contributed by atoms with van der Waals surface area (Å²) in [5.74, 6) is 2.14. The molecule has 2 aliphatic rings. The number of likely N-dealkylation sites (N-methyl/N-ethyl adjacent to an activating group) is 1. The zero-order valence-electron chi connectivity index (χ0n) is 16.4. The topological polar surface area (TPSA) is 37.8 Å². The second kappa shape index (κ2) is 8.01. The van der Waals surface area contributed by atoms with Gasteiger partial charge in [-0.3, -0.25) is 4.90 Å². The molecule has 0 spiro atoms. The standard InChI is InChI=1S/C22H24ClN3O2S/c1-25(21-14-27-18-7-6-16(23)12-19(18)28-21)13-15-8-10-26(11-9-15)22-24-17-4-2-3-5-20(17)29-22/h2-7,12,15,21H,8-11,13-14H2,1H3. The van der Waals surface area contributed by atoms with Crippen molar-refractivity contribution in [2.75, 3.05) is 38.2 Å². The average molecular weight is 430 g/mol. The van der Waals surface area contributed by atoms with E-state index in [4.69, 9.17) is 26.1 Å². The molecule has 2 aromatic carbocycles. The van der Waals surface area contributed by atoms with Gasteiger partial charge in [0.25, 0.3) is 0 Å². The second-order valence-corrected chi connectivity index (χ2v) is 9.25. The minimum absolute atomic E-state index is 0.0803. The summed E-state index contributed by atoms with van der Waals surface area (Å²) in [6.45, 7) is 3.64. The first kappa shape index (κ1) is 19.0. The highest BCUT2D eigenvalue weighted by atomic mass is 35.5. The van der Waals surface area contributed by atoms with E-state index in [1.54, 1.807) is 11.3 Å². The van der Waals surface area contributed by atoms with Gasteiger partial charge in [-0.25, -0.2) is 4.98 Å². The Hall–Kier alpha value is -2.02. The molecule has 1 atom stereocenters. The number of ether oxygens (including phenoxy) is 2. The largest absolute Gasteiger partial charge is 0.484 e. The van der Waals surface area contributed by atoms with E-state index >= 15 is 0 Å². The molecular formula is C22H24ClN3O2S. The van der Waals surface area contributed by atoms with Crippen LogP contribution in [0.2, 0.25) is 5.02 Å². The van der Waals surface area contributed by atoms with Gasteiger partial charge >= 0.3 is 0 Å². The molecule has 5 rings (SSSR count). The van der Waals surface area contributed by atoms with Gasteiger partial charge in [0.05, 0.1) is 10.2 Å². The molecule has 1 aromatic heterocycles. The van der Waals surface area contributed by atoms with Crippen LogP contribution in [0.1, 0.15) is 12.8 Å². The highest BCUT2D eigenvalue weighted by Crippen LogP contribution is 2.35. The molecule has 1 fully saturated rings. The lowest BCUT2D eigenvalue weighted by Crippen LogP contribution is -2.46. The Labute approximate surface area is 179 Å². The lowest BCUT2D eigenvalue weighted by molar-refractivity contribution is -0.0232. The maximum Gasteiger partial charge on any atom is 0.186 e. The Bertz CT molecular complexity index is 970. The fourth-order valence-corrected chi connectivity index (χ4v) is 5.26. The van der Waals surface area contributed by atoms with Crippen LogP contribution in [0.15, 0.2) is 42.5 Å². The van der Waals surface area contributed by atoms with Crippen molar-refractivity contribution in [1.29, 1.82) is 0 Å². The van der Waals surface area contributed by atoms with E-state index in [-0.39, 0.29) is 6.23 Å². The normalized spacial score (nSPS) is 19.8. The number of anilines is 1. The van der Waals surface area contributed by atoms with E-state index in [1.165, 1.54) is 4.70 Å². The molecule has 0 aliphatic carbocycles. The minimum Gasteiger partial charge on any atom is -0.484 e. The molecule has 0 amide bonds. The minimum atomic E-state index is -0.0803. The van der Waals surface area contributed by atoms with Crippen molar-refractivity contribution in [3.05, 3.63) is 47.5 Å². The fraction of sp³-hybridized carbons (Fsp3) is 0.409. The van der Waals surface area contributed by atoms with Gasteiger partial charge in [0.1, 0.15) is 6.61 Å². The molecule has 1 saturated heterocycles. The van der Waals surface area contributed by atoms with Gasteiger partial charge in [-0.05, 0) is 50.1 Å². The molecule has 29 heavy (non-hydrogen) atoms. The quantitative estimate of drug-likeness (QED) is 0.590. The maximum atomic E-state index is 6.14. The van der Waals surface area contributed by atoms with Crippen LogP contribution in [0.25, 0.3) is 10.2 Å². The van der Waals surface area contributed by atoms with Crippen molar-refractivity contribution in [3.8, 4) is 11.5 Å². The Morgan fingerprint density at radius 1 is 1.17 bits per heavy atom. The molecule has 5 nitrogen and oxygen atoms in total. The van der Waals surface area contributed by atoms with Crippen molar-refractivity contribution in [2.45, 2.75) is 19.1 Å². The Morgan fingerprint density at radius 3 is 2.83 bits per heavy atom. The van der Waals surface area contributed by atoms with E-state index in [1.807, 2.05) is 18.2 Å². The van der Waals surface area contributed by atoms with Crippen LogP contribution in [0.4, 0.5) is 5.13 Å².